The van der Waals surface area contributed by atoms with Crippen LogP contribution in [0.25, 0.3) is 0 Å². The van der Waals surface area contributed by atoms with E-state index in [9.17, 15) is 4.39 Å². The van der Waals surface area contributed by atoms with E-state index in [1.807, 2.05) is 6.07 Å². The number of halogens is 2. The molecule has 0 saturated heterocycles. The van der Waals surface area contributed by atoms with Gasteiger partial charge in [-0.05, 0) is 40.0 Å². The summed E-state index contributed by atoms with van der Waals surface area (Å²) in [5.41, 5.74) is 1.06. The molecule has 11 heavy (non-hydrogen) atoms. The molecule has 0 heterocycles. The van der Waals surface area contributed by atoms with Crippen molar-refractivity contribution in [1.29, 1.82) is 0 Å². The SMILES string of the molecule is CCCc1ccc(Br)c(F)c1. The molecule has 0 saturated carbocycles. The van der Waals surface area contributed by atoms with E-state index in [4.69, 9.17) is 0 Å². The molecule has 0 spiro atoms. The van der Waals surface area contributed by atoms with Gasteiger partial charge in [-0.15, -0.1) is 0 Å². The topological polar surface area (TPSA) is 0 Å². The zero-order valence-corrected chi connectivity index (χ0v) is 7.99. The average molecular weight is 217 g/mol. The summed E-state index contributed by atoms with van der Waals surface area (Å²) in [4.78, 5) is 0. The Morgan fingerprint density at radius 2 is 2.18 bits per heavy atom. The van der Waals surface area contributed by atoms with E-state index >= 15 is 0 Å². The second kappa shape index (κ2) is 3.86. The van der Waals surface area contributed by atoms with E-state index in [0.29, 0.717) is 4.47 Å². The van der Waals surface area contributed by atoms with Gasteiger partial charge in [-0.3, -0.25) is 0 Å². The molecule has 0 aromatic heterocycles. The molecule has 0 unspecified atom stereocenters. The standard InChI is InChI=1S/C9H10BrF/c1-2-3-7-4-5-8(10)9(11)6-7/h4-6H,2-3H2,1H3. The van der Waals surface area contributed by atoms with Gasteiger partial charge < -0.3 is 0 Å². The highest BCUT2D eigenvalue weighted by atomic mass is 79.9. The van der Waals surface area contributed by atoms with Crippen molar-refractivity contribution in [2.75, 3.05) is 0 Å². The van der Waals surface area contributed by atoms with Crippen LogP contribution in [0.3, 0.4) is 0 Å². The summed E-state index contributed by atoms with van der Waals surface area (Å²) in [6.45, 7) is 2.08. The molecule has 0 aliphatic carbocycles. The third-order valence-electron chi connectivity index (χ3n) is 1.52. The van der Waals surface area contributed by atoms with Crippen LogP contribution in [-0.4, -0.2) is 0 Å². The number of aryl methyl sites for hydroxylation is 1. The predicted molar refractivity (Wildman–Crippen MR) is 48.1 cm³/mol. The number of benzene rings is 1. The first kappa shape index (κ1) is 8.72. The summed E-state index contributed by atoms with van der Waals surface area (Å²) in [6.07, 6.45) is 2.01. The Morgan fingerprint density at radius 1 is 1.45 bits per heavy atom. The lowest BCUT2D eigenvalue weighted by atomic mass is 10.1. The van der Waals surface area contributed by atoms with Crippen molar-refractivity contribution < 1.29 is 4.39 Å². The van der Waals surface area contributed by atoms with Gasteiger partial charge in [-0.1, -0.05) is 19.4 Å². The number of rotatable bonds is 2. The molecule has 0 amide bonds. The van der Waals surface area contributed by atoms with Crippen LogP contribution < -0.4 is 0 Å². The second-order valence-electron chi connectivity index (χ2n) is 2.50. The Labute approximate surface area is 74.6 Å². The zero-order chi connectivity index (χ0) is 8.27. The maximum atomic E-state index is 12.9. The predicted octanol–water partition coefficient (Wildman–Crippen LogP) is 3.54. The molecule has 1 aromatic carbocycles. The molecule has 0 nitrogen and oxygen atoms in total. The molecule has 0 aliphatic rings. The van der Waals surface area contributed by atoms with Gasteiger partial charge in [0.25, 0.3) is 0 Å². The third-order valence-corrected chi connectivity index (χ3v) is 2.17. The first-order valence-electron chi connectivity index (χ1n) is 3.68. The molecule has 1 aromatic rings. The molecular formula is C9H10BrF. The molecular weight excluding hydrogens is 207 g/mol. The summed E-state index contributed by atoms with van der Waals surface area (Å²) in [6, 6.07) is 5.27. The van der Waals surface area contributed by atoms with Crippen LogP contribution in [0.2, 0.25) is 0 Å². The fraction of sp³-hybridized carbons (Fsp3) is 0.333. The van der Waals surface area contributed by atoms with Gasteiger partial charge in [0.05, 0.1) is 4.47 Å². The lowest BCUT2D eigenvalue weighted by molar-refractivity contribution is 0.618. The highest BCUT2D eigenvalue weighted by Gasteiger charge is 1.98. The molecule has 0 fully saturated rings. The van der Waals surface area contributed by atoms with Crippen molar-refractivity contribution in [2.45, 2.75) is 19.8 Å². The Morgan fingerprint density at radius 3 is 2.73 bits per heavy atom. The maximum Gasteiger partial charge on any atom is 0.137 e. The first-order chi connectivity index (χ1) is 5.24. The van der Waals surface area contributed by atoms with Gasteiger partial charge in [0, 0.05) is 0 Å². The van der Waals surface area contributed by atoms with Gasteiger partial charge in [-0.25, -0.2) is 4.39 Å². The number of hydrogen-bond donors (Lipinski definition) is 0. The molecule has 0 N–H and O–H groups in total. The minimum absolute atomic E-state index is 0.170. The van der Waals surface area contributed by atoms with E-state index in [1.54, 1.807) is 12.1 Å². The lowest BCUT2D eigenvalue weighted by Crippen LogP contribution is -1.85. The van der Waals surface area contributed by atoms with Gasteiger partial charge in [0.15, 0.2) is 0 Å². The van der Waals surface area contributed by atoms with E-state index in [1.165, 1.54) is 0 Å². The summed E-state index contributed by atoms with van der Waals surface area (Å²) < 4.78 is 13.4. The van der Waals surface area contributed by atoms with Crippen molar-refractivity contribution in [3.8, 4) is 0 Å². The minimum atomic E-state index is -0.170. The largest absolute Gasteiger partial charge is 0.206 e. The molecule has 0 atom stereocenters. The molecule has 0 bridgehead atoms. The van der Waals surface area contributed by atoms with Crippen LogP contribution in [0.15, 0.2) is 22.7 Å². The minimum Gasteiger partial charge on any atom is -0.206 e. The Balaban J connectivity index is 2.86. The van der Waals surface area contributed by atoms with Crippen molar-refractivity contribution >= 4 is 15.9 Å². The third kappa shape index (κ3) is 2.29. The summed E-state index contributed by atoms with van der Waals surface area (Å²) in [5, 5.41) is 0. The zero-order valence-electron chi connectivity index (χ0n) is 6.40. The van der Waals surface area contributed by atoms with Crippen LogP contribution in [0, 0.1) is 5.82 Å². The molecule has 2 heteroatoms. The Kier molecular flexibility index (Phi) is 3.06. The quantitative estimate of drug-likeness (QED) is 0.710. The normalized spacial score (nSPS) is 10.1. The van der Waals surface area contributed by atoms with Crippen molar-refractivity contribution in [3.05, 3.63) is 34.1 Å². The maximum absolute atomic E-state index is 12.9. The van der Waals surface area contributed by atoms with E-state index in [0.717, 1.165) is 18.4 Å². The fourth-order valence-electron chi connectivity index (χ4n) is 0.984. The smallest absolute Gasteiger partial charge is 0.137 e. The fourth-order valence-corrected chi connectivity index (χ4v) is 1.23. The highest BCUT2D eigenvalue weighted by molar-refractivity contribution is 9.10. The van der Waals surface area contributed by atoms with E-state index < -0.39 is 0 Å². The van der Waals surface area contributed by atoms with Crippen molar-refractivity contribution in [1.82, 2.24) is 0 Å². The second-order valence-corrected chi connectivity index (χ2v) is 3.35. The average Bonchev–Trinajstić information content (AvgIpc) is 1.98. The first-order valence-corrected chi connectivity index (χ1v) is 4.47. The van der Waals surface area contributed by atoms with Gasteiger partial charge in [0.1, 0.15) is 5.82 Å². The van der Waals surface area contributed by atoms with Gasteiger partial charge >= 0.3 is 0 Å². The van der Waals surface area contributed by atoms with E-state index in [-0.39, 0.29) is 5.82 Å². The lowest BCUT2D eigenvalue weighted by Gasteiger charge is -1.99. The monoisotopic (exact) mass is 216 g/mol. The highest BCUT2D eigenvalue weighted by Crippen LogP contribution is 2.16. The van der Waals surface area contributed by atoms with E-state index in [2.05, 4.69) is 22.9 Å². The molecule has 60 valence electrons. The van der Waals surface area contributed by atoms with Gasteiger partial charge in [0.2, 0.25) is 0 Å². The summed E-state index contributed by atoms with van der Waals surface area (Å²) in [7, 11) is 0. The summed E-state index contributed by atoms with van der Waals surface area (Å²) >= 11 is 3.11. The van der Waals surface area contributed by atoms with Gasteiger partial charge in [-0.2, -0.15) is 0 Å². The van der Waals surface area contributed by atoms with Crippen LogP contribution in [0.4, 0.5) is 4.39 Å². The van der Waals surface area contributed by atoms with Crippen LogP contribution in [0.1, 0.15) is 18.9 Å². The molecule has 1 rings (SSSR count). The molecule has 0 radical (unpaired) electrons. The van der Waals surface area contributed by atoms with Crippen molar-refractivity contribution in [3.63, 3.8) is 0 Å². The van der Waals surface area contributed by atoms with Crippen LogP contribution >= 0.6 is 15.9 Å². The Hall–Kier alpha value is -0.370. The molecule has 0 aliphatic heterocycles. The van der Waals surface area contributed by atoms with Crippen LogP contribution in [-0.2, 0) is 6.42 Å². The summed E-state index contributed by atoms with van der Waals surface area (Å²) in [5.74, 6) is -0.170. The number of hydrogen-bond acceptors (Lipinski definition) is 0. The Bertz CT molecular complexity index is 245. The van der Waals surface area contributed by atoms with Crippen molar-refractivity contribution in [2.24, 2.45) is 0 Å². The van der Waals surface area contributed by atoms with Crippen LogP contribution in [0.5, 0.6) is 0 Å².